The highest BCUT2D eigenvalue weighted by Gasteiger charge is 2.03. The molecule has 92 valence electrons. The Morgan fingerprint density at radius 3 is 2.50 bits per heavy atom. The Hall–Kier alpha value is -2.08. The Bertz CT molecular complexity index is 551. The fraction of sp³-hybridized carbons (Fsp3) is 0.0833. The molecule has 0 saturated heterocycles. The Balaban J connectivity index is 2.13. The van der Waals surface area contributed by atoms with Gasteiger partial charge in [-0.2, -0.15) is 0 Å². The highest BCUT2D eigenvalue weighted by molar-refractivity contribution is 7.99. The van der Waals surface area contributed by atoms with Gasteiger partial charge in [-0.05, 0) is 19.1 Å². The Morgan fingerprint density at radius 1 is 1.22 bits per heavy atom. The molecule has 1 aromatic heterocycles. The van der Waals surface area contributed by atoms with Gasteiger partial charge in [-0.15, -0.1) is 0 Å². The van der Waals surface area contributed by atoms with E-state index in [2.05, 4.69) is 15.1 Å². The minimum atomic E-state index is -0.0469. The summed E-state index contributed by atoms with van der Waals surface area (Å²) in [5, 5.41) is 12.1. The van der Waals surface area contributed by atoms with Crippen LogP contribution in [0, 0.1) is 6.92 Å². The van der Waals surface area contributed by atoms with E-state index in [1.54, 1.807) is 6.20 Å². The molecule has 0 aliphatic carbocycles. The minimum Gasteiger partial charge on any atom is -0.409 e. The van der Waals surface area contributed by atoms with Crippen molar-refractivity contribution >= 4 is 17.6 Å². The molecule has 0 unspecified atom stereocenters. The van der Waals surface area contributed by atoms with E-state index in [0.29, 0.717) is 5.69 Å². The van der Waals surface area contributed by atoms with Gasteiger partial charge in [0.05, 0.1) is 12.4 Å². The van der Waals surface area contributed by atoms with E-state index in [4.69, 9.17) is 10.9 Å². The van der Waals surface area contributed by atoms with Gasteiger partial charge in [-0.3, -0.25) is 0 Å². The summed E-state index contributed by atoms with van der Waals surface area (Å²) in [5.41, 5.74) is 6.97. The van der Waals surface area contributed by atoms with Crippen LogP contribution in [0.5, 0.6) is 0 Å². The molecule has 0 spiro atoms. The van der Waals surface area contributed by atoms with Crippen LogP contribution in [0.25, 0.3) is 0 Å². The van der Waals surface area contributed by atoms with E-state index in [0.717, 1.165) is 9.92 Å². The number of hydrogen-bond donors (Lipinski definition) is 2. The minimum absolute atomic E-state index is 0.0469. The second-order valence-electron chi connectivity index (χ2n) is 3.64. The molecule has 0 atom stereocenters. The van der Waals surface area contributed by atoms with Crippen molar-refractivity contribution in [2.75, 3.05) is 0 Å². The highest BCUT2D eigenvalue weighted by Crippen LogP contribution is 2.25. The molecular weight excluding hydrogens is 248 g/mol. The summed E-state index contributed by atoms with van der Waals surface area (Å²) in [6.45, 7) is 2.04. The van der Waals surface area contributed by atoms with E-state index in [1.165, 1.54) is 23.5 Å². The highest BCUT2D eigenvalue weighted by atomic mass is 32.2. The summed E-state index contributed by atoms with van der Waals surface area (Å²) in [6.07, 6.45) is 3.07. The quantitative estimate of drug-likeness (QED) is 0.382. The molecule has 6 heteroatoms. The molecule has 0 bridgehead atoms. The second-order valence-corrected chi connectivity index (χ2v) is 4.73. The number of oxime groups is 1. The summed E-state index contributed by atoms with van der Waals surface area (Å²) in [6, 6.07) is 8.14. The van der Waals surface area contributed by atoms with Crippen molar-refractivity contribution in [3.63, 3.8) is 0 Å². The first-order chi connectivity index (χ1) is 8.69. The van der Waals surface area contributed by atoms with Crippen LogP contribution in [0.2, 0.25) is 0 Å². The molecule has 1 aromatic carbocycles. The fourth-order valence-corrected chi connectivity index (χ4v) is 2.00. The lowest BCUT2D eigenvalue weighted by Crippen LogP contribution is -2.15. The molecule has 0 aliphatic heterocycles. The molecule has 0 saturated carbocycles. The van der Waals surface area contributed by atoms with Crippen molar-refractivity contribution in [3.05, 3.63) is 47.9 Å². The van der Waals surface area contributed by atoms with E-state index in [-0.39, 0.29) is 5.84 Å². The van der Waals surface area contributed by atoms with Crippen LogP contribution < -0.4 is 5.73 Å². The number of nitrogens with zero attached hydrogens (tertiary/aromatic N) is 3. The van der Waals surface area contributed by atoms with Gasteiger partial charge in [0, 0.05) is 4.90 Å². The van der Waals surface area contributed by atoms with Crippen LogP contribution in [-0.2, 0) is 0 Å². The Labute approximate surface area is 109 Å². The first-order valence-corrected chi connectivity index (χ1v) is 6.05. The van der Waals surface area contributed by atoms with E-state index in [1.807, 2.05) is 31.2 Å². The standard InChI is InChI=1S/C12H12N4OS/c1-8-2-4-9(5-3-8)18-11-7-14-10(6-15-11)12(13)16-17/h2-7,17H,1H3,(H2,13,16). The predicted octanol–water partition coefficient (Wildman–Crippen LogP) is 2.03. The van der Waals surface area contributed by atoms with E-state index in [9.17, 15) is 0 Å². The lowest BCUT2D eigenvalue weighted by Gasteiger charge is -2.02. The first-order valence-electron chi connectivity index (χ1n) is 5.23. The molecule has 2 rings (SSSR count). The largest absolute Gasteiger partial charge is 0.409 e. The molecule has 3 N–H and O–H groups in total. The summed E-state index contributed by atoms with van der Waals surface area (Å²) < 4.78 is 0. The third-order valence-corrected chi connectivity index (χ3v) is 3.17. The predicted molar refractivity (Wildman–Crippen MR) is 69.8 cm³/mol. The lowest BCUT2D eigenvalue weighted by molar-refractivity contribution is 0.318. The third-order valence-electron chi connectivity index (χ3n) is 2.24. The van der Waals surface area contributed by atoms with E-state index >= 15 is 0 Å². The van der Waals surface area contributed by atoms with Crippen molar-refractivity contribution in [1.82, 2.24) is 9.97 Å². The summed E-state index contributed by atoms with van der Waals surface area (Å²) in [5.74, 6) is -0.0469. The molecule has 0 aliphatic rings. The van der Waals surface area contributed by atoms with Gasteiger partial charge in [-0.25, -0.2) is 9.97 Å². The van der Waals surface area contributed by atoms with Crippen LogP contribution in [0.1, 0.15) is 11.3 Å². The van der Waals surface area contributed by atoms with Crippen LogP contribution >= 0.6 is 11.8 Å². The fourth-order valence-electron chi connectivity index (χ4n) is 1.28. The molecule has 0 radical (unpaired) electrons. The van der Waals surface area contributed by atoms with Gasteiger partial charge in [0.2, 0.25) is 0 Å². The zero-order valence-corrected chi connectivity index (χ0v) is 10.6. The average Bonchev–Trinajstić information content (AvgIpc) is 2.41. The lowest BCUT2D eigenvalue weighted by atomic mass is 10.2. The first kappa shape index (κ1) is 12.4. The van der Waals surface area contributed by atoms with Crippen LogP contribution in [-0.4, -0.2) is 21.0 Å². The van der Waals surface area contributed by atoms with Crippen LogP contribution in [0.15, 0.2) is 51.7 Å². The van der Waals surface area contributed by atoms with Crippen molar-refractivity contribution in [1.29, 1.82) is 0 Å². The van der Waals surface area contributed by atoms with Crippen molar-refractivity contribution < 1.29 is 5.21 Å². The Kier molecular flexibility index (Phi) is 3.78. The van der Waals surface area contributed by atoms with Gasteiger partial charge in [-0.1, -0.05) is 34.6 Å². The van der Waals surface area contributed by atoms with Gasteiger partial charge in [0.15, 0.2) is 5.84 Å². The summed E-state index contributed by atoms with van der Waals surface area (Å²) >= 11 is 1.51. The number of benzene rings is 1. The summed E-state index contributed by atoms with van der Waals surface area (Å²) in [7, 11) is 0. The SMILES string of the molecule is Cc1ccc(Sc2cnc(C(N)=NO)cn2)cc1. The number of rotatable bonds is 3. The number of hydrogen-bond acceptors (Lipinski definition) is 5. The van der Waals surface area contributed by atoms with Gasteiger partial charge >= 0.3 is 0 Å². The number of nitrogens with two attached hydrogens (primary N) is 1. The van der Waals surface area contributed by atoms with Gasteiger partial charge in [0.1, 0.15) is 10.7 Å². The molecule has 0 fully saturated rings. The van der Waals surface area contributed by atoms with E-state index < -0.39 is 0 Å². The number of aryl methyl sites for hydroxylation is 1. The van der Waals surface area contributed by atoms with Crippen LogP contribution in [0.4, 0.5) is 0 Å². The topological polar surface area (TPSA) is 84.4 Å². The zero-order valence-electron chi connectivity index (χ0n) is 9.74. The maximum Gasteiger partial charge on any atom is 0.190 e. The van der Waals surface area contributed by atoms with Crippen molar-refractivity contribution in [3.8, 4) is 0 Å². The molecule has 2 aromatic rings. The molecular formula is C12H12N4OS. The van der Waals surface area contributed by atoms with Gasteiger partial charge in [0.25, 0.3) is 0 Å². The van der Waals surface area contributed by atoms with Crippen molar-refractivity contribution in [2.24, 2.45) is 10.9 Å². The number of aromatic nitrogens is 2. The zero-order chi connectivity index (χ0) is 13.0. The third kappa shape index (κ3) is 2.98. The normalized spacial score (nSPS) is 11.5. The molecule has 0 amide bonds. The van der Waals surface area contributed by atoms with Gasteiger partial charge < -0.3 is 10.9 Å². The molecule has 1 heterocycles. The maximum atomic E-state index is 8.51. The monoisotopic (exact) mass is 260 g/mol. The molecule has 5 nitrogen and oxygen atoms in total. The van der Waals surface area contributed by atoms with Crippen LogP contribution in [0.3, 0.4) is 0 Å². The number of amidine groups is 1. The average molecular weight is 260 g/mol. The summed E-state index contributed by atoms with van der Waals surface area (Å²) in [4.78, 5) is 9.35. The van der Waals surface area contributed by atoms with Crippen molar-refractivity contribution in [2.45, 2.75) is 16.8 Å². The molecule has 18 heavy (non-hydrogen) atoms. The Morgan fingerprint density at radius 2 is 1.94 bits per heavy atom. The second kappa shape index (κ2) is 5.50. The maximum absolute atomic E-state index is 8.51. The smallest absolute Gasteiger partial charge is 0.190 e.